The maximum absolute atomic E-state index is 9.00. The zero-order valence-corrected chi connectivity index (χ0v) is 7.75. The first-order valence-corrected chi connectivity index (χ1v) is 3.74. The van der Waals surface area contributed by atoms with Crippen LogP contribution in [0.25, 0.3) is 0 Å². The smallest absolute Gasteiger partial charge is 0.309 e. The lowest BCUT2D eigenvalue weighted by atomic mass is 10.2. The summed E-state index contributed by atoms with van der Waals surface area (Å²) in [6.07, 6.45) is 1.77. The van der Waals surface area contributed by atoms with Crippen molar-refractivity contribution in [1.82, 2.24) is 0 Å². The van der Waals surface area contributed by atoms with Crippen molar-refractivity contribution in [2.45, 2.75) is 13.8 Å². The molecule has 0 aliphatic rings. The van der Waals surface area contributed by atoms with Crippen molar-refractivity contribution in [1.29, 1.82) is 0 Å². The van der Waals surface area contributed by atoms with Crippen molar-refractivity contribution in [3.8, 4) is 0 Å². The van der Waals surface area contributed by atoms with E-state index in [-0.39, 0.29) is 0 Å². The van der Waals surface area contributed by atoms with E-state index < -0.39 is 6.03 Å². The number of hydrogen-bond donors (Lipinski definition) is 2. The largest absolute Gasteiger partial charge is 0.377 e. The van der Waals surface area contributed by atoms with Gasteiger partial charge >= 0.3 is 6.03 Å². The Labute approximate surface area is 73.6 Å². The molecule has 12 heavy (non-hydrogen) atoms. The van der Waals surface area contributed by atoms with Crippen molar-refractivity contribution in [3.05, 3.63) is 12.7 Å². The molecule has 0 rings (SSSR count). The average molecular weight is 174 g/mol. The number of urea groups is 1. The summed E-state index contributed by atoms with van der Waals surface area (Å²) in [5.74, 6) is 0.634. The molecule has 4 nitrogen and oxygen atoms in total. The monoisotopic (exact) mass is 174 g/mol. The number of carbonyl (C=O) groups is 1. The molecule has 2 amide bonds. The van der Waals surface area contributed by atoms with Gasteiger partial charge in [-0.2, -0.15) is 0 Å². The second-order valence-electron chi connectivity index (χ2n) is 2.62. The van der Waals surface area contributed by atoms with Crippen LogP contribution < -0.4 is 11.5 Å². The van der Waals surface area contributed by atoms with Gasteiger partial charge in [0.25, 0.3) is 0 Å². The van der Waals surface area contributed by atoms with E-state index in [0.29, 0.717) is 12.5 Å². The Bertz CT molecular complexity index is 120. The van der Waals surface area contributed by atoms with Gasteiger partial charge in [0, 0.05) is 6.61 Å². The highest BCUT2D eigenvalue weighted by Gasteiger charge is 1.89. The Kier molecular flexibility index (Phi) is 11.3. The van der Waals surface area contributed by atoms with Crippen LogP contribution in [0, 0.1) is 5.92 Å². The minimum atomic E-state index is -0.833. The summed E-state index contributed by atoms with van der Waals surface area (Å²) in [5, 5.41) is 0. The fourth-order valence-electron chi connectivity index (χ4n) is 0.387. The maximum atomic E-state index is 9.00. The van der Waals surface area contributed by atoms with Gasteiger partial charge in [-0.25, -0.2) is 4.79 Å². The highest BCUT2D eigenvalue weighted by Crippen LogP contribution is 1.90. The average Bonchev–Trinajstić information content (AvgIpc) is 1.86. The van der Waals surface area contributed by atoms with E-state index in [9.17, 15) is 0 Å². The van der Waals surface area contributed by atoms with Crippen LogP contribution in [0.15, 0.2) is 12.7 Å². The van der Waals surface area contributed by atoms with Crippen molar-refractivity contribution >= 4 is 6.03 Å². The summed E-state index contributed by atoms with van der Waals surface area (Å²) in [6, 6.07) is -0.833. The Hall–Kier alpha value is -1.03. The van der Waals surface area contributed by atoms with Crippen LogP contribution in [0.1, 0.15) is 13.8 Å². The van der Waals surface area contributed by atoms with Gasteiger partial charge in [0.1, 0.15) is 0 Å². The second kappa shape index (κ2) is 9.97. The minimum absolute atomic E-state index is 0.634. The first kappa shape index (κ1) is 13.6. The van der Waals surface area contributed by atoms with Gasteiger partial charge < -0.3 is 16.2 Å². The molecule has 0 saturated carbocycles. The van der Waals surface area contributed by atoms with Gasteiger partial charge in [-0.3, -0.25) is 0 Å². The minimum Gasteiger partial charge on any atom is -0.377 e. The van der Waals surface area contributed by atoms with Crippen LogP contribution in [0.4, 0.5) is 4.79 Å². The molecule has 0 spiro atoms. The van der Waals surface area contributed by atoms with E-state index >= 15 is 0 Å². The predicted molar refractivity (Wildman–Crippen MR) is 49.6 cm³/mol. The second-order valence-corrected chi connectivity index (χ2v) is 2.62. The molecule has 0 aliphatic carbocycles. The van der Waals surface area contributed by atoms with E-state index in [1.165, 1.54) is 0 Å². The molecule has 4 heteroatoms. The zero-order valence-electron chi connectivity index (χ0n) is 7.75. The Morgan fingerprint density at radius 1 is 1.58 bits per heavy atom. The molecule has 72 valence electrons. The molecular weight excluding hydrogens is 156 g/mol. The van der Waals surface area contributed by atoms with Crippen molar-refractivity contribution in [2.75, 3.05) is 13.2 Å². The molecule has 0 aromatic heterocycles. The highest BCUT2D eigenvalue weighted by molar-refractivity contribution is 5.69. The van der Waals surface area contributed by atoms with Crippen molar-refractivity contribution in [2.24, 2.45) is 17.4 Å². The third kappa shape index (κ3) is 36.2. The molecule has 0 atom stereocenters. The molecule has 0 aromatic carbocycles. The fraction of sp³-hybridized carbons (Fsp3) is 0.625. The van der Waals surface area contributed by atoms with E-state index in [4.69, 9.17) is 9.53 Å². The number of amides is 2. The highest BCUT2D eigenvalue weighted by atomic mass is 16.5. The summed E-state index contributed by atoms with van der Waals surface area (Å²) < 4.78 is 5.13. The van der Waals surface area contributed by atoms with E-state index in [2.05, 4.69) is 31.9 Å². The number of hydrogen-bond acceptors (Lipinski definition) is 2. The lowest BCUT2D eigenvalue weighted by molar-refractivity contribution is 0.135. The number of primary amides is 2. The third-order valence-corrected chi connectivity index (χ3v) is 0.687. The van der Waals surface area contributed by atoms with Crippen LogP contribution in [0.5, 0.6) is 0 Å². The SMILES string of the molecule is C=CCOCC(C)C.NC(N)=O. The summed E-state index contributed by atoms with van der Waals surface area (Å²) in [7, 11) is 0. The van der Waals surface area contributed by atoms with Crippen LogP contribution in [-0.2, 0) is 4.74 Å². The van der Waals surface area contributed by atoms with Crippen LogP contribution in [-0.4, -0.2) is 19.2 Å². The first-order valence-electron chi connectivity index (χ1n) is 3.74. The molecule has 0 unspecified atom stereocenters. The van der Waals surface area contributed by atoms with Gasteiger partial charge in [-0.15, -0.1) is 6.58 Å². The lowest BCUT2D eigenvalue weighted by Crippen LogP contribution is -2.18. The fourth-order valence-corrected chi connectivity index (χ4v) is 0.387. The standard InChI is InChI=1S/C7H14O.CH4N2O/c1-4-5-8-6-7(2)3;2-1(3)4/h4,7H,1,5-6H2,2-3H3;(H4,2,3,4). The first-order chi connectivity index (χ1) is 5.50. The molecule has 0 heterocycles. The molecule has 0 saturated heterocycles. The maximum Gasteiger partial charge on any atom is 0.309 e. The molecule has 0 bridgehead atoms. The number of carbonyl (C=O) groups excluding carboxylic acids is 1. The topological polar surface area (TPSA) is 78.3 Å². The molecule has 0 aliphatic heterocycles. The van der Waals surface area contributed by atoms with Gasteiger partial charge in [-0.05, 0) is 5.92 Å². The van der Waals surface area contributed by atoms with E-state index in [1.807, 2.05) is 0 Å². The molecule has 0 radical (unpaired) electrons. The van der Waals surface area contributed by atoms with Crippen LogP contribution in [0.2, 0.25) is 0 Å². The zero-order chi connectivity index (χ0) is 9.98. The van der Waals surface area contributed by atoms with Gasteiger partial charge in [0.05, 0.1) is 6.61 Å². The molecule has 0 fully saturated rings. The van der Waals surface area contributed by atoms with Crippen LogP contribution in [0.3, 0.4) is 0 Å². The normalized spacial score (nSPS) is 8.58. The van der Waals surface area contributed by atoms with Gasteiger partial charge in [0.2, 0.25) is 0 Å². The lowest BCUT2D eigenvalue weighted by Gasteiger charge is -2.02. The van der Waals surface area contributed by atoms with Gasteiger partial charge in [0.15, 0.2) is 0 Å². The third-order valence-electron chi connectivity index (χ3n) is 0.687. The summed E-state index contributed by atoms with van der Waals surface area (Å²) in [5.41, 5.74) is 8.50. The van der Waals surface area contributed by atoms with Crippen LogP contribution >= 0.6 is 0 Å². The van der Waals surface area contributed by atoms with E-state index in [0.717, 1.165) is 6.61 Å². The van der Waals surface area contributed by atoms with Crippen molar-refractivity contribution in [3.63, 3.8) is 0 Å². The Morgan fingerprint density at radius 2 is 2.00 bits per heavy atom. The number of ether oxygens (including phenoxy) is 1. The number of rotatable bonds is 4. The van der Waals surface area contributed by atoms with E-state index in [1.54, 1.807) is 6.08 Å². The van der Waals surface area contributed by atoms with Crippen molar-refractivity contribution < 1.29 is 9.53 Å². The quantitative estimate of drug-likeness (QED) is 0.490. The molecule has 0 aromatic rings. The number of nitrogens with two attached hydrogens (primary N) is 2. The van der Waals surface area contributed by atoms with Gasteiger partial charge in [-0.1, -0.05) is 19.9 Å². The Morgan fingerprint density at radius 3 is 2.25 bits per heavy atom. The Balaban J connectivity index is 0. The predicted octanol–water partition coefficient (Wildman–Crippen LogP) is 0.869. The summed E-state index contributed by atoms with van der Waals surface area (Å²) in [4.78, 5) is 9.00. The summed E-state index contributed by atoms with van der Waals surface area (Å²) >= 11 is 0. The summed E-state index contributed by atoms with van der Waals surface area (Å²) in [6.45, 7) is 9.31. The molecule has 4 N–H and O–H groups in total. The molecular formula is C8H18N2O2.